The fourth-order valence-electron chi connectivity index (χ4n) is 2.16. The summed E-state index contributed by atoms with van der Waals surface area (Å²) >= 11 is 0. The number of aromatic nitrogens is 4. The molecule has 0 atom stereocenters. The van der Waals surface area contributed by atoms with E-state index < -0.39 is 0 Å². The van der Waals surface area contributed by atoms with Crippen molar-refractivity contribution in [3.8, 4) is 11.4 Å². The summed E-state index contributed by atoms with van der Waals surface area (Å²) in [6.45, 7) is 2.71. The lowest BCUT2D eigenvalue weighted by Gasteiger charge is -2.11. The molecule has 0 unspecified atom stereocenters. The van der Waals surface area contributed by atoms with E-state index in [0.717, 1.165) is 34.9 Å². The van der Waals surface area contributed by atoms with E-state index in [1.807, 2.05) is 55.1 Å². The third-order valence-electron chi connectivity index (χ3n) is 3.33. The molecule has 0 aliphatic heterocycles. The van der Waals surface area contributed by atoms with Gasteiger partial charge in [0.15, 0.2) is 5.82 Å². The van der Waals surface area contributed by atoms with Gasteiger partial charge in [-0.3, -0.25) is 4.98 Å². The molecule has 106 valence electrons. The number of nitrogens with zero attached hydrogens (tertiary/aromatic N) is 4. The minimum atomic E-state index is 0.724. The van der Waals surface area contributed by atoms with E-state index in [1.54, 1.807) is 6.33 Å². The maximum Gasteiger partial charge on any atom is 0.165 e. The summed E-state index contributed by atoms with van der Waals surface area (Å²) in [7, 11) is 1.94. The number of anilines is 1. The van der Waals surface area contributed by atoms with Gasteiger partial charge in [0.05, 0.1) is 0 Å². The second kappa shape index (κ2) is 5.75. The summed E-state index contributed by atoms with van der Waals surface area (Å²) in [5, 5.41) is 11.6. The van der Waals surface area contributed by atoms with Crippen molar-refractivity contribution in [1.82, 2.24) is 19.7 Å². The van der Waals surface area contributed by atoms with Gasteiger partial charge in [-0.2, -0.15) is 0 Å². The van der Waals surface area contributed by atoms with Crippen molar-refractivity contribution in [3.05, 3.63) is 60.2 Å². The van der Waals surface area contributed by atoms with Crippen LogP contribution >= 0.6 is 0 Å². The van der Waals surface area contributed by atoms with Gasteiger partial charge in [-0.15, -0.1) is 10.2 Å². The number of benzene rings is 1. The summed E-state index contributed by atoms with van der Waals surface area (Å²) < 4.78 is 1.91. The van der Waals surface area contributed by atoms with Crippen molar-refractivity contribution in [1.29, 1.82) is 0 Å². The van der Waals surface area contributed by atoms with Gasteiger partial charge in [0, 0.05) is 36.7 Å². The number of pyridine rings is 1. The van der Waals surface area contributed by atoms with Gasteiger partial charge in [-0.05, 0) is 30.7 Å². The lowest BCUT2D eigenvalue weighted by molar-refractivity contribution is 0.919. The molecule has 2 aromatic heterocycles. The first-order valence-corrected chi connectivity index (χ1v) is 6.83. The molecule has 0 radical (unpaired) electrons. The first-order valence-electron chi connectivity index (χ1n) is 6.83. The fraction of sp³-hybridized carbons (Fsp3) is 0.188. The van der Waals surface area contributed by atoms with Crippen molar-refractivity contribution >= 4 is 5.69 Å². The Morgan fingerprint density at radius 2 is 2.00 bits per heavy atom. The van der Waals surface area contributed by atoms with Crippen LogP contribution in [0.15, 0.2) is 48.9 Å². The molecule has 2 heterocycles. The molecule has 3 aromatic rings. The van der Waals surface area contributed by atoms with Gasteiger partial charge in [0.25, 0.3) is 0 Å². The number of nitrogens with one attached hydrogen (secondary N) is 1. The lowest BCUT2D eigenvalue weighted by atomic mass is 10.1. The molecule has 0 amide bonds. The molecule has 0 fully saturated rings. The van der Waals surface area contributed by atoms with Crippen LogP contribution in [-0.4, -0.2) is 19.7 Å². The molecule has 21 heavy (non-hydrogen) atoms. The second-order valence-corrected chi connectivity index (χ2v) is 4.97. The van der Waals surface area contributed by atoms with Crippen LogP contribution in [0.1, 0.15) is 11.3 Å². The highest BCUT2D eigenvalue weighted by molar-refractivity contribution is 5.73. The van der Waals surface area contributed by atoms with E-state index in [2.05, 4.69) is 26.6 Å². The molecule has 0 saturated heterocycles. The van der Waals surface area contributed by atoms with E-state index >= 15 is 0 Å². The maximum absolute atomic E-state index is 4.31. The Labute approximate surface area is 123 Å². The molecule has 0 saturated carbocycles. The molecule has 5 heteroatoms. The summed E-state index contributed by atoms with van der Waals surface area (Å²) in [6, 6.07) is 12.2. The quantitative estimate of drug-likeness (QED) is 0.798. The third kappa shape index (κ3) is 2.91. The predicted molar refractivity (Wildman–Crippen MR) is 82.7 cm³/mol. The standard InChI is InChI=1S/C16H17N5/c1-12-7-8-13(9-17-12)10-18-15-6-4-3-5-14(15)16-20-19-11-21(16)2/h3-9,11,18H,10H2,1-2H3. The third-order valence-corrected chi connectivity index (χ3v) is 3.33. The van der Waals surface area contributed by atoms with Gasteiger partial charge in [0.2, 0.25) is 0 Å². The van der Waals surface area contributed by atoms with Crippen LogP contribution in [0.4, 0.5) is 5.69 Å². The van der Waals surface area contributed by atoms with Crippen LogP contribution in [0, 0.1) is 6.92 Å². The zero-order chi connectivity index (χ0) is 14.7. The monoisotopic (exact) mass is 279 g/mol. The number of hydrogen-bond acceptors (Lipinski definition) is 4. The van der Waals surface area contributed by atoms with Gasteiger partial charge >= 0.3 is 0 Å². The number of rotatable bonds is 4. The maximum atomic E-state index is 4.31. The van der Waals surface area contributed by atoms with Gasteiger partial charge < -0.3 is 9.88 Å². The molecule has 1 N–H and O–H groups in total. The Balaban J connectivity index is 1.83. The minimum absolute atomic E-state index is 0.724. The largest absolute Gasteiger partial charge is 0.380 e. The zero-order valence-corrected chi connectivity index (χ0v) is 12.1. The normalized spacial score (nSPS) is 10.6. The summed E-state index contributed by atoms with van der Waals surface area (Å²) in [6.07, 6.45) is 3.60. The first-order chi connectivity index (χ1) is 10.2. The topological polar surface area (TPSA) is 55.6 Å². The fourth-order valence-corrected chi connectivity index (χ4v) is 2.16. The van der Waals surface area contributed by atoms with Crippen LogP contribution in [0.3, 0.4) is 0 Å². The predicted octanol–water partition coefficient (Wildman–Crippen LogP) is 2.80. The minimum Gasteiger partial charge on any atom is -0.380 e. The number of hydrogen-bond donors (Lipinski definition) is 1. The van der Waals surface area contributed by atoms with Crippen LogP contribution in [0.25, 0.3) is 11.4 Å². The smallest absolute Gasteiger partial charge is 0.165 e. The Hall–Kier alpha value is -2.69. The van der Waals surface area contributed by atoms with E-state index in [0.29, 0.717) is 0 Å². The van der Waals surface area contributed by atoms with Gasteiger partial charge in [-0.25, -0.2) is 0 Å². The van der Waals surface area contributed by atoms with Crippen molar-refractivity contribution in [2.75, 3.05) is 5.32 Å². The molecule has 1 aromatic carbocycles. The van der Waals surface area contributed by atoms with E-state index in [1.165, 1.54) is 0 Å². The molecular weight excluding hydrogens is 262 g/mol. The summed E-state index contributed by atoms with van der Waals surface area (Å²) in [4.78, 5) is 4.31. The first kappa shape index (κ1) is 13.3. The van der Waals surface area contributed by atoms with Crippen LogP contribution in [0.2, 0.25) is 0 Å². The molecule has 0 aliphatic rings. The molecule has 0 spiro atoms. The average Bonchev–Trinajstić information content (AvgIpc) is 2.93. The highest BCUT2D eigenvalue weighted by atomic mass is 15.2. The van der Waals surface area contributed by atoms with Crippen molar-refractivity contribution in [2.45, 2.75) is 13.5 Å². The van der Waals surface area contributed by atoms with Crippen LogP contribution in [-0.2, 0) is 13.6 Å². The Morgan fingerprint density at radius 1 is 1.14 bits per heavy atom. The highest BCUT2D eigenvalue weighted by Gasteiger charge is 2.09. The van der Waals surface area contributed by atoms with E-state index in [-0.39, 0.29) is 0 Å². The number of para-hydroxylation sites is 1. The Kier molecular flexibility index (Phi) is 3.64. The van der Waals surface area contributed by atoms with Crippen molar-refractivity contribution in [2.24, 2.45) is 7.05 Å². The molecular formula is C16H17N5. The highest BCUT2D eigenvalue weighted by Crippen LogP contribution is 2.25. The van der Waals surface area contributed by atoms with Gasteiger partial charge in [0.1, 0.15) is 6.33 Å². The molecule has 0 bridgehead atoms. The lowest BCUT2D eigenvalue weighted by Crippen LogP contribution is -2.03. The Bertz CT molecular complexity index is 730. The SMILES string of the molecule is Cc1ccc(CNc2ccccc2-c2nncn2C)cn1. The van der Waals surface area contributed by atoms with E-state index in [4.69, 9.17) is 0 Å². The summed E-state index contributed by atoms with van der Waals surface area (Å²) in [5.41, 5.74) is 4.25. The number of aryl methyl sites for hydroxylation is 2. The average molecular weight is 279 g/mol. The molecule has 0 aliphatic carbocycles. The molecule has 5 nitrogen and oxygen atoms in total. The van der Waals surface area contributed by atoms with Crippen molar-refractivity contribution in [3.63, 3.8) is 0 Å². The second-order valence-electron chi connectivity index (χ2n) is 4.97. The molecule has 3 rings (SSSR count). The Morgan fingerprint density at radius 3 is 2.71 bits per heavy atom. The zero-order valence-electron chi connectivity index (χ0n) is 12.1. The summed E-state index contributed by atoms with van der Waals surface area (Å²) in [5.74, 6) is 0.847. The van der Waals surface area contributed by atoms with Crippen LogP contribution in [0.5, 0.6) is 0 Å². The van der Waals surface area contributed by atoms with E-state index in [9.17, 15) is 0 Å². The van der Waals surface area contributed by atoms with Crippen molar-refractivity contribution < 1.29 is 0 Å². The van der Waals surface area contributed by atoms with Gasteiger partial charge in [-0.1, -0.05) is 18.2 Å². The van der Waals surface area contributed by atoms with Crippen LogP contribution < -0.4 is 5.32 Å².